The van der Waals surface area contributed by atoms with Crippen LogP contribution in [-0.2, 0) is 17.9 Å². The minimum atomic E-state index is -0.247. The summed E-state index contributed by atoms with van der Waals surface area (Å²) >= 11 is 0. The molecule has 0 atom stereocenters. The molecule has 2 rings (SSSR count). The molecule has 2 aromatic rings. The first-order chi connectivity index (χ1) is 9.71. The fourth-order valence-electron chi connectivity index (χ4n) is 1.75. The summed E-state index contributed by atoms with van der Waals surface area (Å²) in [7, 11) is 3.38. The average molecular weight is 276 g/mol. The molecule has 0 aliphatic carbocycles. The van der Waals surface area contributed by atoms with Crippen molar-refractivity contribution in [2.24, 2.45) is 0 Å². The number of ether oxygens (including phenoxy) is 1. The predicted molar refractivity (Wildman–Crippen MR) is 76.0 cm³/mol. The van der Waals surface area contributed by atoms with E-state index in [0.717, 1.165) is 5.56 Å². The van der Waals surface area contributed by atoms with Gasteiger partial charge in [0, 0.05) is 26.8 Å². The lowest BCUT2D eigenvalue weighted by Gasteiger charge is -2.09. The van der Waals surface area contributed by atoms with Crippen LogP contribution >= 0.6 is 0 Å². The Morgan fingerprint density at radius 2 is 2.00 bits per heavy atom. The molecule has 0 spiro atoms. The van der Waals surface area contributed by atoms with Crippen molar-refractivity contribution < 1.29 is 9.13 Å². The first-order valence-corrected chi connectivity index (χ1v) is 6.24. The number of halogens is 1. The molecule has 1 heterocycles. The van der Waals surface area contributed by atoms with E-state index in [9.17, 15) is 4.39 Å². The molecule has 20 heavy (non-hydrogen) atoms. The Kier molecular flexibility index (Phi) is 4.84. The lowest BCUT2D eigenvalue weighted by molar-refractivity contribution is 0.178. The first kappa shape index (κ1) is 14.2. The Bertz CT molecular complexity index is 577. The Morgan fingerprint density at radius 1 is 1.20 bits per heavy atom. The van der Waals surface area contributed by atoms with Crippen LogP contribution in [0.4, 0.5) is 16.0 Å². The molecule has 0 bridgehead atoms. The summed E-state index contributed by atoms with van der Waals surface area (Å²) in [5, 5.41) is 6.12. The smallest absolute Gasteiger partial charge is 0.158 e. The third kappa shape index (κ3) is 3.89. The van der Waals surface area contributed by atoms with Crippen molar-refractivity contribution in [3.05, 3.63) is 47.5 Å². The highest BCUT2D eigenvalue weighted by Crippen LogP contribution is 2.13. The van der Waals surface area contributed by atoms with Crippen LogP contribution < -0.4 is 10.6 Å². The molecular weight excluding hydrogens is 259 g/mol. The minimum Gasteiger partial charge on any atom is -0.377 e. The molecule has 1 aromatic carbocycles. The number of nitrogens with one attached hydrogen (secondary N) is 2. The van der Waals surface area contributed by atoms with Crippen LogP contribution in [0.3, 0.4) is 0 Å². The summed E-state index contributed by atoms with van der Waals surface area (Å²) in [5.74, 6) is 1.71. The molecule has 0 saturated heterocycles. The number of aromatic nitrogens is 2. The van der Waals surface area contributed by atoms with E-state index >= 15 is 0 Å². The van der Waals surface area contributed by atoms with E-state index < -0.39 is 0 Å². The van der Waals surface area contributed by atoms with E-state index in [0.29, 0.717) is 30.6 Å². The topological polar surface area (TPSA) is 59.1 Å². The molecule has 0 amide bonds. The van der Waals surface area contributed by atoms with Crippen LogP contribution in [0.25, 0.3) is 0 Å². The monoisotopic (exact) mass is 276 g/mol. The van der Waals surface area contributed by atoms with E-state index in [1.54, 1.807) is 26.3 Å². The Morgan fingerprint density at radius 3 is 2.70 bits per heavy atom. The van der Waals surface area contributed by atoms with Crippen LogP contribution in [0, 0.1) is 5.82 Å². The maximum absolute atomic E-state index is 13.1. The molecule has 0 fully saturated rings. The van der Waals surface area contributed by atoms with Crippen molar-refractivity contribution in [3.63, 3.8) is 0 Å². The second-order valence-corrected chi connectivity index (χ2v) is 4.22. The van der Waals surface area contributed by atoms with E-state index in [1.807, 2.05) is 6.07 Å². The second-order valence-electron chi connectivity index (χ2n) is 4.22. The lowest BCUT2D eigenvalue weighted by Crippen LogP contribution is -2.07. The van der Waals surface area contributed by atoms with Gasteiger partial charge in [-0.25, -0.2) is 14.4 Å². The summed E-state index contributed by atoms with van der Waals surface area (Å²) < 4.78 is 18.1. The molecule has 0 unspecified atom stereocenters. The zero-order valence-corrected chi connectivity index (χ0v) is 11.5. The van der Waals surface area contributed by atoms with Gasteiger partial charge in [0.1, 0.15) is 24.1 Å². The number of hydrogen-bond acceptors (Lipinski definition) is 5. The summed E-state index contributed by atoms with van der Waals surface area (Å²) in [4.78, 5) is 8.59. The molecule has 5 nitrogen and oxygen atoms in total. The molecule has 6 heteroatoms. The zero-order valence-electron chi connectivity index (χ0n) is 11.5. The molecular formula is C14H17FN4O. The van der Waals surface area contributed by atoms with Crippen LogP contribution in [0.15, 0.2) is 30.3 Å². The number of rotatable bonds is 6. The summed E-state index contributed by atoms with van der Waals surface area (Å²) in [6.07, 6.45) is 0. The quantitative estimate of drug-likeness (QED) is 0.848. The molecule has 0 aliphatic rings. The van der Waals surface area contributed by atoms with Crippen molar-refractivity contribution >= 4 is 11.6 Å². The highest BCUT2D eigenvalue weighted by Gasteiger charge is 2.04. The maximum Gasteiger partial charge on any atom is 0.158 e. The number of hydrogen-bond donors (Lipinski definition) is 2. The van der Waals surface area contributed by atoms with Crippen molar-refractivity contribution in [1.82, 2.24) is 9.97 Å². The number of benzene rings is 1. The largest absolute Gasteiger partial charge is 0.377 e. The van der Waals surface area contributed by atoms with Gasteiger partial charge in [-0.15, -0.1) is 0 Å². The van der Waals surface area contributed by atoms with Crippen LogP contribution in [0.2, 0.25) is 0 Å². The fourth-order valence-corrected chi connectivity index (χ4v) is 1.75. The van der Waals surface area contributed by atoms with Gasteiger partial charge in [-0.3, -0.25) is 0 Å². The van der Waals surface area contributed by atoms with E-state index in [2.05, 4.69) is 20.6 Å². The van der Waals surface area contributed by atoms with Gasteiger partial charge in [0.05, 0.1) is 0 Å². The first-order valence-electron chi connectivity index (χ1n) is 6.24. The van der Waals surface area contributed by atoms with E-state index in [4.69, 9.17) is 4.74 Å². The third-order valence-corrected chi connectivity index (χ3v) is 2.66. The Balaban J connectivity index is 2.10. The Hall–Kier alpha value is -2.21. The normalized spacial score (nSPS) is 10.3. The van der Waals surface area contributed by atoms with Gasteiger partial charge < -0.3 is 15.4 Å². The summed E-state index contributed by atoms with van der Waals surface area (Å²) in [6.45, 7) is 0.828. The zero-order chi connectivity index (χ0) is 14.4. The van der Waals surface area contributed by atoms with Gasteiger partial charge >= 0.3 is 0 Å². The van der Waals surface area contributed by atoms with Gasteiger partial charge in [-0.2, -0.15) is 0 Å². The van der Waals surface area contributed by atoms with Gasteiger partial charge in [-0.05, 0) is 17.7 Å². The Labute approximate surface area is 117 Å². The van der Waals surface area contributed by atoms with Crippen molar-refractivity contribution in [2.45, 2.75) is 13.2 Å². The number of nitrogens with zero attached hydrogens (tertiary/aromatic N) is 2. The van der Waals surface area contributed by atoms with E-state index in [-0.39, 0.29) is 5.82 Å². The summed E-state index contributed by atoms with van der Waals surface area (Å²) in [6, 6.07) is 8.24. The number of methoxy groups -OCH3 is 1. The molecule has 106 valence electrons. The minimum absolute atomic E-state index is 0.247. The van der Waals surface area contributed by atoms with Gasteiger partial charge in [0.15, 0.2) is 5.82 Å². The second kappa shape index (κ2) is 6.81. The molecule has 0 radical (unpaired) electrons. The van der Waals surface area contributed by atoms with Crippen molar-refractivity contribution in [2.75, 3.05) is 24.8 Å². The average Bonchev–Trinajstić information content (AvgIpc) is 2.45. The highest BCUT2D eigenvalue weighted by molar-refractivity contribution is 5.47. The van der Waals surface area contributed by atoms with Crippen LogP contribution in [0.1, 0.15) is 11.4 Å². The van der Waals surface area contributed by atoms with E-state index in [1.165, 1.54) is 12.1 Å². The van der Waals surface area contributed by atoms with Gasteiger partial charge in [-0.1, -0.05) is 12.1 Å². The highest BCUT2D eigenvalue weighted by atomic mass is 19.1. The van der Waals surface area contributed by atoms with Crippen LogP contribution in [0.5, 0.6) is 0 Å². The van der Waals surface area contributed by atoms with Gasteiger partial charge in [0.2, 0.25) is 0 Å². The molecule has 0 aliphatic heterocycles. The fraction of sp³-hybridized carbons (Fsp3) is 0.286. The SMILES string of the molecule is CNc1cc(NCc2cccc(F)c2)nc(COC)n1. The standard InChI is InChI=1S/C14H17FN4O/c1-16-12-7-13(19-14(18-12)9-20-2)17-8-10-4-3-5-11(15)6-10/h3-7H,8-9H2,1-2H3,(H2,16,17,18,19). The third-order valence-electron chi connectivity index (χ3n) is 2.66. The van der Waals surface area contributed by atoms with Gasteiger partial charge in [0.25, 0.3) is 0 Å². The predicted octanol–water partition coefficient (Wildman–Crippen LogP) is 2.42. The van der Waals surface area contributed by atoms with Crippen LogP contribution in [-0.4, -0.2) is 24.1 Å². The number of anilines is 2. The molecule has 0 saturated carbocycles. The molecule has 2 N–H and O–H groups in total. The maximum atomic E-state index is 13.1. The summed E-state index contributed by atoms with van der Waals surface area (Å²) in [5.41, 5.74) is 0.850. The lowest BCUT2D eigenvalue weighted by atomic mass is 10.2. The van der Waals surface area contributed by atoms with Crippen molar-refractivity contribution in [3.8, 4) is 0 Å². The van der Waals surface area contributed by atoms with Crippen molar-refractivity contribution in [1.29, 1.82) is 0 Å². The molecule has 1 aromatic heterocycles.